The average molecular weight is 368 g/mol. The molecule has 0 aliphatic carbocycles. The number of hydrogen-bond acceptors (Lipinski definition) is 2. The maximum Gasteiger partial charge on any atom is 0.183 e. The maximum atomic E-state index is 13.4. The van der Waals surface area contributed by atoms with Crippen molar-refractivity contribution in [2.45, 2.75) is 6.10 Å². The summed E-state index contributed by atoms with van der Waals surface area (Å²) in [5, 5.41) is 9.90. The van der Waals surface area contributed by atoms with E-state index in [1.54, 1.807) is 0 Å². The molecule has 0 saturated heterocycles. The molecule has 1 aromatic heterocycles. The lowest BCUT2D eigenvalue weighted by Gasteiger charge is -2.08. The molecule has 2 aromatic rings. The molecule has 1 heterocycles. The Labute approximate surface area is 113 Å². The summed E-state index contributed by atoms with van der Waals surface area (Å²) in [6, 6.07) is 4.48. The largest absolute Gasteiger partial charge is 0.450 e. The Bertz CT molecular complexity index is 535. The summed E-state index contributed by atoms with van der Waals surface area (Å²) < 4.78 is 32.3. The van der Waals surface area contributed by atoms with Crippen LogP contribution in [0, 0.1) is 11.6 Å². The van der Waals surface area contributed by atoms with Gasteiger partial charge in [-0.15, -0.1) is 0 Å². The van der Waals surface area contributed by atoms with Gasteiger partial charge in [0, 0.05) is 11.6 Å². The Hall–Kier alpha value is -0.720. The zero-order chi connectivity index (χ0) is 12.6. The number of halogens is 4. The summed E-state index contributed by atoms with van der Waals surface area (Å²) in [5.74, 6) is -1.35. The molecule has 17 heavy (non-hydrogen) atoms. The van der Waals surface area contributed by atoms with Gasteiger partial charge in [-0.3, -0.25) is 0 Å². The molecule has 90 valence electrons. The topological polar surface area (TPSA) is 33.4 Å². The quantitative estimate of drug-likeness (QED) is 0.864. The fourth-order valence-corrected chi connectivity index (χ4v) is 1.98. The van der Waals surface area contributed by atoms with Gasteiger partial charge in [-0.2, -0.15) is 0 Å². The lowest BCUT2D eigenvalue weighted by molar-refractivity contribution is 0.183. The van der Waals surface area contributed by atoms with Crippen molar-refractivity contribution in [1.29, 1.82) is 0 Å². The van der Waals surface area contributed by atoms with E-state index < -0.39 is 17.7 Å². The molecule has 0 aliphatic rings. The minimum absolute atomic E-state index is 0.0415. The summed E-state index contributed by atoms with van der Waals surface area (Å²) >= 11 is 6.29. The van der Waals surface area contributed by atoms with Crippen molar-refractivity contribution in [1.82, 2.24) is 0 Å². The van der Waals surface area contributed by atoms with Crippen LogP contribution in [0.5, 0.6) is 0 Å². The molecular formula is C11H6Br2F2O2. The van der Waals surface area contributed by atoms with Crippen molar-refractivity contribution < 1.29 is 18.3 Å². The summed E-state index contributed by atoms with van der Waals surface area (Å²) in [4.78, 5) is 0. The number of furan rings is 1. The Kier molecular flexibility index (Phi) is 3.65. The highest BCUT2D eigenvalue weighted by Gasteiger charge is 2.20. The van der Waals surface area contributed by atoms with Crippen molar-refractivity contribution in [2.75, 3.05) is 0 Å². The van der Waals surface area contributed by atoms with Gasteiger partial charge in [-0.05, 0) is 44.0 Å². The van der Waals surface area contributed by atoms with Crippen LogP contribution in [-0.4, -0.2) is 5.11 Å². The SMILES string of the molecule is OC(c1cc(Br)c(Br)o1)c1ccc(F)cc1F. The first-order chi connectivity index (χ1) is 7.99. The fourth-order valence-electron chi connectivity index (χ4n) is 1.37. The highest BCUT2D eigenvalue weighted by Crippen LogP contribution is 2.33. The van der Waals surface area contributed by atoms with E-state index in [-0.39, 0.29) is 11.3 Å². The molecule has 0 spiro atoms. The van der Waals surface area contributed by atoms with Gasteiger partial charge in [-0.25, -0.2) is 8.78 Å². The second-order valence-corrected chi connectivity index (χ2v) is 4.91. The van der Waals surface area contributed by atoms with E-state index in [2.05, 4.69) is 31.9 Å². The first-order valence-electron chi connectivity index (χ1n) is 4.57. The molecule has 0 radical (unpaired) electrons. The van der Waals surface area contributed by atoms with E-state index in [9.17, 15) is 13.9 Å². The van der Waals surface area contributed by atoms with E-state index >= 15 is 0 Å². The van der Waals surface area contributed by atoms with Gasteiger partial charge in [0.15, 0.2) is 4.67 Å². The third-order valence-electron chi connectivity index (χ3n) is 2.19. The Balaban J connectivity index is 2.39. The highest BCUT2D eigenvalue weighted by atomic mass is 79.9. The van der Waals surface area contributed by atoms with Crippen LogP contribution in [0.2, 0.25) is 0 Å². The van der Waals surface area contributed by atoms with Crippen molar-refractivity contribution >= 4 is 31.9 Å². The lowest BCUT2D eigenvalue weighted by atomic mass is 10.1. The van der Waals surface area contributed by atoms with Gasteiger partial charge < -0.3 is 9.52 Å². The first kappa shape index (κ1) is 12.7. The molecule has 0 saturated carbocycles. The van der Waals surface area contributed by atoms with Crippen LogP contribution in [0.4, 0.5) is 8.78 Å². The van der Waals surface area contributed by atoms with Gasteiger partial charge in [0.2, 0.25) is 0 Å². The van der Waals surface area contributed by atoms with Gasteiger partial charge >= 0.3 is 0 Å². The minimum Gasteiger partial charge on any atom is -0.450 e. The molecule has 2 rings (SSSR count). The number of hydrogen-bond donors (Lipinski definition) is 1. The Morgan fingerprint density at radius 2 is 1.88 bits per heavy atom. The zero-order valence-electron chi connectivity index (χ0n) is 8.25. The predicted molar refractivity (Wildman–Crippen MR) is 64.5 cm³/mol. The third kappa shape index (κ3) is 2.59. The average Bonchev–Trinajstić information content (AvgIpc) is 2.58. The molecule has 0 amide bonds. The summed E-state index contributed by atoms with van der Waals surface area (Å²) in [6.07, 6.45) is -1.28. The van der Waals surface area contributed by atoms with Crippen LogP contribution in [-0.2, 0) is 0 Å². The number of aliphatic hydroxyl groups is 1. The van der Waals surface area contributed by atoms with Crippen LogP contribution in [0.1, 0.15) is 17.4 Å². The molecule has 1 atom stereocenters. The number of benzene rings is 1. The molecule has 1 unspecified atom stereocenters. The van der Waals surface area contributed by atoms with E-state index in [1.165, 1.54) is 12.1 Å². The van der Waals surface area contributed by atoms with Crippen molar-refractivity contribution in [3.63, 3.8) is 0 Å². The van der Waals surface area contributed by atoms with Crippen LogP contribution >= 0.6 is 31.9 Å². The van der Waals surface area contributed by atoms with Crippen molar-refractivity contribution in [2.24, 2.45) is 0 Å². The monoisotopic (exact) mass is 366 g/mol. The second-order valence-electron chi connectivity index (χ2n) is 3.34. The standard InChI is InChI=1S/C11H6Br2F2O2/c12-7-4-9(17-11(7)13)10(16)6-2-1-5(14)3-8(6)15/h1-4,10,16H. The highest BCUT2D eigenvalue weighted by molar-refractivity contribution is 9.13. The van der Waals surface area contributed by atoms with Gasteiger partial charge in [0.25, 0.3) is 0 Å². The van der Waals surface area contributed by atoms with E-state index in [0.29, 0.717) is 15.2 Å². The minimum atomic E-state index is -1.28. The second kappa shape index (κ2) is 4.88. The number of aliphatic hydroxyl groups excluding tert-OH is 1. The van der Waals surface area contributed by atoms with Crippen LogP contribution in [0.25, 0.3) is 0 Å². The van der Waals surface area contributed by atoms with E-state index in [4.69, 9.17) is 4.42 Å². The molecule has 0 aliphatic heterocycles. The summed E-state index contributed by atoms with van der Waals surface area (Å²) in [7, 11) is 0. The maximum absolute atomic E-state index is 13.4. The molecule has 1 aromatic carbocycles. The van der Waals surface area contributed by atoms with Crippen LogP contribution < -0.4 is 0 Å². The summed E-state index contributed by atoms with van der Waals surface area (Å²) in [6.45, 7) is 0. The molecule has 1 N–H and O–H groups in total. The van der Waals surface area contributed by atoms with Crippen molar-refractivity contribution in [3.8, 4) is 0 Å². The smallest absolute Gasteiger partial charge is 0.183 e. The van der Waals surface area contributed by atoms with E-state index in [0.717, 1.165) is 6.07 Å². The molecular weight excluding hydrogens is 362 g/mol. The lowest BCUT2D eigenvalue weighted by Crippen LogP contribution is -2.01. The summed E-state index contributed by atoms with van der Waals surface area (Å²) in [5.41, 5.74) is -0.0415. The van der Waals surface area contributed by atoms with Gasteiger partial charge in [-0.1, -0.05) is 6.07 Å². The Morgan fingerprint density at radius 3 is 2.41 bits per heavy atom. The normalized spacial score (nSPS) is 12.8. The van der Waals surface area contributed by atoms with Crippen LogP contribution in [0.3, 0.4) is 0 Å². The fraction of sp³-hybridized carbons (Fsp3) is 0.0909. The molecule has 0 fully saturated rings. The number of rotatable bonds is 2. The van der Waals surface area contributed by atoms with Crippen molar-refractivity contribution in [3.05, 3.63) is 56.4 Å². The van der Waals surface area contributed by atoms with E-state index in [1.807, 2.05) is 0 Å². The third-order valence-corrected chi connectivity index (χ3v) is 3.90. The predicted octanol–water partition coefficient (Wildman–Crippen LogP) is 4.16. The molecule has 6 heteroatoms. The zero-order valence-corrected chi connectivity index (χ0v) is 11.4. The molecule has 2 nitrogen and oxygen atoms in total. The Morgan fingerprint density at radius 1 is 1.18 bits per heavy atom. The van der Waals surface area contributed by atoms with Crippen LogP contribution in [0.15, 0.2) is 37.8 Å². The molecule has 0 bridgehead atoms. The first-order valence-corrected chi connectivity index (χ1v) is 6.15. The van der Waals surface area contributed by atoms with Gasteiger partial charge in [0.05, 0.1) is 4.47 Å². The van der Waals surface area contributed by atoms with Gasteiger partial charge in [0.1, 0.15) is 23.5 Å².